The molecular weight excluding hydrogens is 270 g/mol. The highest BCUT2D eigenvalue weighted by Crippen LogP contribution is 2.17. The van der Waals surface area contributed by atoms with Gasteiger partial charge in [-0.1, -0.05) is 36.4 Å². The Hall–Kier alpha value is -2.95. The zero-order valence-corrected chi connectivity index (χ0v) is 11.3. The van der Waals surface area contributed by atoms with Crippen LogP contribution in [0.15, 0.2) is 59.3 Å². The van der Waals surface area contributed by atoms with Crippen molar-refractivity contribution in [3.05, 3.63) is 64.9 Å². The summed E-state index contributed by atoms with van der Waals surface area (Å²) in [5.74, 6) is -2.36. The van der Waals surface area contributed by atoms with Gasteiger partial charge in [0.2, 0.25) is 0 Å². The zero-order chi connectivity index (χ0) is 15.4. The van der Waals surface area contributed by atoms with Crippen LogP contribution in [0.3, 0.4) is 0 Å². The predicted octanol–water partition coefficient (Wildman–Crippen LogP) is 1.51. The molecule has 0 amide bonds. The number of esters is 2. The van der Waals surface area contributed by atoms with Crippen LogP contribution in [-0.2, 0) is 19.1 Å². The minimum Gasteiger partial charge on any atom is -0.402 e. The van der Waals surface area contributed by atoms with E-state index in [1.807, 2.05) is 30.3 Å². The average Bonchev–Trinajstić information content (AvgIpc) is 2.45. The number of carbonyl (C=O) groups is 3. The molecular formula is C16H13NO4. The summed E-state index contributed by atoms with van der Waals surface area (Å²) in [5, 5.41) is 0. The number of allylic oxidation sites excluding steroid dienone is 2. The van der Waals surface area contributed by atoms with Crippen molar-refractivity contribution in [3.63, 3.8) is 0 Å². The normalized spacial score (nSPS) is 17.5. The van der Waals surface area contributed by atoms with Gasteiger partial charge in [0.25, 0.3) is 0 Å². The summed E-state index contributed by atoms with van der Waals surface area (Å²) in [4.78, 5) is 35.1. The predicted molar refractivity (Wildman–Crippen MR) is 76.6 cm³/mol. The number of hydrogen-bond acceptors (Lipinski definition) is 5. The van der Waals surface area contributed by atoms with E-state index in [1.165, 1.54) is 19.1 Å². The molecule has 0 aromatic heterocycles. The molecule has 0 saturated carbocycles. The van der Waals surface area contributed by atoms with Gasteiger partial charge in [-0.3, -0.25) is 4.79 Å². The average molecular weight is 283 g/mol. The van der Waals surface area contributed by atoms with Crippen molar-refractivity contribution in [2.45, 2.75) is 6.92 Å². The maximum absolute atomic E-state index is 12.0. The Morgan fingerprint density at radius 1 is 1.14 bits per heavy atom. The SMILES string of the molecule is C/C(N)=C1\C=C(C(=O)/C=C/c2ccccc2)C(=O)OC1=O. The lowest BCUT2D eigenvalue weighted by Crippen LogP contribution is -2.26. The highest BCUT2D eigenvalue weighted by Gasteiger charge is 2.29. The number of ether oxygens (including phenoxy) is 1. The quantitative estimate of drug-likeness (QED) is 0.393. The minimum atomic E-state index is -0.965. The highest BCUT2D eigenvalue weighted by atomic mass is 16.6. The molecule has 1 aliphatic heterocycles. The van der Waals surface area contributed by atoms with Gasteiger partial charge < -0.3 is 10.5 Å². The molecule has 1 aromatic rings. The maximum Gasteiger partial charge on any atom is 0.350 e. The molecule has 0 fully saturated rings. The van der Waals surface area contributed by atoms with Crippen LogP contribution in [0.5, 0.6) is 0 Å². The Bertz CT molecular complexity index is 692. The summed E-state index contributed by atoms with van der Waals surface area (Å²) in [5.41, 5.74) is 6.32. The van der Waals surface area contributed by atoms with Crippen molar-refractivity contribution in [1.29, 1.82) is 0 Å². The first-order valence-corrected chi connectivity index (χ1v) is 6.21. The molecule has 0 atom stereocenters. The van der Waals surface area contributed by atoms with Crippen molar-refractivity contribution in [2.24, 2.45) is 5.73 Å². The van der Waals surface area contributed by atoms with E-state index in [0.717, 1.165) is 5.56 Å². The van der Waals surface area contributed by atoms with E-state index in [4.69, 9.17) is 5.73 Å². The lowest BCUT2D eigenvalue weighted by atomic mass is 10.0. The van der Waals surface area contributed by atoms with E-state index in [0.29, 0.717) is 0 Å². The van der Waals surface area contributed by atoms with Gasteiger partial charge in [0.05, 0.1) is 5.57 Å². The van der Waals surface area contributed by atoms with E-state index in [-0.39, 0.29) is 16.8 Å². The van der Waals surface area contributed by atoms with E-state index in [2.05, 4.69) is 4.74 Å². The molecule has 0 saturated heterocycles. The fraction of sp³-hybridized carbons (Fsp3) is 0.0625. The number of carbonyl (C=O) groups excluding carboxylic acids is 3. The number of benzene rings is 1. The van der Waals surface area contributed by atoms with Gasteiger partial charge in [-0.15, -0.1) is 0 Å². The third-order valence-corrected chi connectivity index (χ3v) is 2.83. The number of cyclic esters (lactones) is 2. The molecule has 2 rings (SSSR count). The monoisotopic (exact) mass is 283 g/mol. The minimum absolute atomic E-state index is 0.0195. The Labute approximate surface area is 121 Å². The Balaban J connectivity index is 2.28. The number of rotatable bonds is 3. The summed E-state index contributed by atoms with van der Waals surface area (Å²) < 4.78 is 4.51. The topological polar surface area (TPSA) is 86.5 Å². The fourth-order valence-corrected chi connectivity index (χ4v) is 1.73. The second-order valence-corrected chi connectivity index (χ2v) is 4.44. The maximum atomic E-state index is 12.0. The Morgan fingerprint density at radius 3 is 2.43 bits per heavy atom. The molecule has 0 spiro atoms. The van der Waals surface area contributed by atoms with Gasteiger partial charge in [-0.25, -0.2) is 9.59 Å². The van der Waals surface area contributed by atoms with Crippen molar-refractivity contribution in [1.82, 2.24) is 0 Å². The number of hydrogen-bond donors (Lipinski definition) is 1. The zero-order valence-electron chi connectivity index (χ0n) is 11.3. The molecule has 0 aliphatic carbocycles. The molecule has 5 heteroatoms. The van der Waals surface area contributed by atoms with Gasteiger partial charge in [0.1, 0.15) is 5.57 Å². The lowest BCUT2D eigenvalue weighted by molar-refractivity contribution is -0.154. The van der Waals surface area contributed by atoms with Crippen molar-refractivity contribution >= 4 is 23.8 Å². The Kier molecular flexibility index (Phi) is 4.13. The lowest BCUT2D eigenvalue weighted by Gasteiger charge is -2.12. The third-order valence-electron chi connectivity index (χ3n) is 2.83. The van der Waals surface area contributed by atoms with E-state index in [1.54, 1.807) is 6.08 Å². The fourth-order valence-electron chi connectivity index (χ4n) is 1.73. The number of nitrogens with two attached hydrogens (primary N) is 1. The number of ketones is 1. The van der Waals surface area contributed by atoms with Crippen molar-refractivity contribution < 1.29 is 19.1 Å². The Morgan fingerprint density at radius 2 is 1.81 bits per heavy atom. The van der Waals surface area contributed by atoms with E-state index < -0.39 is 17.7 Å². The molecule has 1 aliphatic rings. The van der Waals surface area contributed by atoms with Crippen molar-refractivity contribution in [3.8, 4) is 0 Å². The first-order valence-electron chi connectivity index (χ1n) is 6.21. The second-order valence-electron chi connectivity index (χ2n) is 4.44. The van der Waals surface area contributed by atoms with Crippen LogP contribution in [0, 0.1) is 0 Å². The van der Waals surface area contributed by atoms with Crippen LogP contribution in [0.25, 0.3) is 6.08 Å². The largest absolute Gasteiger partial charge is 0.402 e. The summed E-state index contributed by atoms with van der Waals surface area (Å²) in [6.45, 7) is 1.49. The van der Waals surface area contributed by atoms with Crippen LogP contribution >= 0.6 is 0 Å². The first kappa shape index (κ1) is 14.5. The molecule has 2 N–H and O–H groups in total. The third kappa shape index (κ3) is 3.33. The van der Waals surface area contributed by atoms with Crippen molar-refractivity contribution in [2.75, 3.05) is 0 Å². The summed E-state index contributed by atoms with van der Waals surface area (Å²) in [6.07, 6.45) is 3.99. The highest BCUT2D eigenvalue weighted by molar-refractivity contribution is 6.27. The van der Waals surface area contributed by atoms with Gasteiger partial charge in [0.15, 0.2) is 5.78 Å². The molecule has 0 radical (unpaired) electrons. The van der Waals surface area contributed by atoms with Crippen LogP contribution < -0.4 is 5.73 Å². The molecule has 1 heterocycles. The van der Waals surface area contributed by atoms with Crippen LogP contribution in [0.2, 0.25) is 0 Å². The smallest absolute Gasteiger partial charge is 0.350 e. The van der Waals surface area contributed by atoms with Crippen LogP contribution in [0.4, 0.5) is 0 Å². The molecule has 5 nitrogen and oxygen atoms in total. The molecule has 21 heavy (non-hydrogen) atoms. The summed E-state index contributed by atoms with van der Waals surface area (Å²) >= 11 is 0. The first-order chi connectivity index (χ1) is 9.99. The molecule has 0 unspecified atom stereocenters. The second kappa shape index (κ2) is 6.00. The van der Waals surface area contributed by atoms with Gasteiger partial charge >= 0.3 is 11.9 Å². The van der Waals surface area contributed by atoms with Gasteiger partial charge in [-0.2, -0.15) is 0 Å². The molecule has 106 valence electrons. The van der Waals surface area contributed by atoms with Crippen LogP contribution in [0.1, 0.15) is 12.5 Å². The van der Waals surface area contributed by atoms with Gasteiger partial charge in [0, 0.05) is 5.70 Å². The summed E-state index contributed by atoms with van der Waals surface area (Å²) in [7, 11) is 0. The van der Waals surface area contributed by atoms with E-state index >= 15 is 0 Å². The summed E-state index contributed by atoms with van der Waals surface area (Å²) in [6, 6.07) is 9.14. The standard InChI is InChI=1S/C16H13NO4/c1-10(17)12-9-13(16(20)21-15(12)19)14(18)8-7-11-5-3-2-4-6-11/h2-9H,17H2,1H3/b8-7+,12-10-. The van der Waals surface area contributed by atoms with Crippen LogP contribution in [-0.4, -0.2) is 17.7 Å². The van der Waals surface area contributed by atoms with E-state index in [9.17, 15) is 14.4 Å². The van der Waals surface area contributed by atoms with Gasteiger partial charge in [-0.05, 0) is 24.6 Å². The molecule has 0 bridgehead atoms. The molecule has 1 aromatic carbocycles.